The van der Waals surface area contributed by atoms with Gasteiger partial charge in [-0.15, -0.1) is 0 Å². The average molecular weight is 428 g/mol. The lowest BCUT2D eigenvalue weighted by Crippen LogP contribution is -2.23. The minimum absolute atomic E-state index is 0.0782. The molecule has 2 heterocycles. The van der Waals surface area contributed by atoms with Crippen molar-refractivity contribution in [2.24, 2.45) is 0 Å². The lowest BCUT2D eigenvalue weighted by atomic mass is 10.2. The molecule has 1 aromatic heterocycles. The van der Waals surface area contributed by atoms with Crippen LogP contribution in [-0.4, -0.2) is 28.1 Å². The summed E-state index contributed by atoms with van der Waals surface area (Å²) in [7, 11) is 0. The van der Waals surface area contributed by atoms with Crippen LogP contribution in [0.5, 0.6) is 0 Å². The number of benzene rings is 2. The molecule has 1 aliphatic heterocycles. The molecule has 160 valence electrons. The largest absolute Gasteiger partial charge is 0.416 e. The van der Waals surface area contributed by atoms with Gasteiger partial charge < -0.3 is 10.2 Å². The molecule has 31 heavy (non-hydrogen) atoms. The highest BCUT2D eigenvalue weighted by Gasteiger charge is 2.31. The maximum Gasteiger partial charge on any atom is 0.416 e. The molecule has 9 heteroatoms. The Balaban J connectivity index is 1.52. The van der Waals surface area contributed by atoms with Crippen LogP contribution in [-0.2, 0) is 11.0 Å². The first-order valence-corrected chi connectivity index (χ1v) is 9.68. The predicted molar refractivity (Wildman–Crippen MR) is 109 cm³/mol. The molecule has 2 amide bonds. The highest BCUT2D eigenvalue weighted by molar-refractivity contribution is 6.05. The molecule has 4 rings (SSSR count). The van der Waals surface area contributed by atoms with Gasteiger partial charge in [0.25, 0.3) is 5.91 Å². The number of halogens is 3. The lowest BCUT2D eigenvalue weighted by Gasteiger charge is -2.16. The highest BCUT2D eigenvalue weighted by Crippen LogP contribution is 2.30. The molecule has 0 radical (unpaired) electrons. The summed E-state index contributed by atoms with van der Waals surface area (Å²) in [6, 6.07) is 11.7. The van der Waals surface area contributed by atoms with Gasteiger partial charge in [0, 0.05) is 24.3 Å². The molecule has 1 saturated heterocycles. The number of hydrogen-bond donors (Lipinski definition) is 1. The summed E-state index contributed by atoms with van der Waals surface area (Å²) in [5.74, 6) is -0.352. The van der Waals surface area contributed by atoms with Crippen LogP contribution in [0.2, 0.25) is 0 Å². The van der Waals surface area contributed by atoms with Crippen molar-refractivity contribution < 1.29 is 22.8 Å². The Morgan fingerprint density at radius 1 is 1.10 bits per heavy atom. The van der Waals surface area contributed by atoms with E-state index in [-0.39, 0.29) is 17.2 Å². The summed E-state index contributed by atoms with van der Waals surface area (Å²) in [5, 5.41) is 6.84. The molecule has 6 nitrogen and oxygen atoms in total. The first kappa shape index (κ1) is 20.6. The van der Waals surface area contributed by atoms with Crippen LogP contribution in [0.3, 0.4) is 0 Å². The van der Waals surface area contributed by atoms with Crippen molar-refractivity contribution in [3.63, 3.8) is 0 Å². The number of alkyl halides is 3. The molecule has 0 unspecified atom stereocenters. The number of anilines is 2. The molecule has 0 aliphatic carbocycles. The summed E-state index contributed by atoms with van der Waals surface area (Å²) >= 11 is 0. The minimum Gasteiger partial charge on any atom is -0.322 e. The van der Waals surface area contributed by atoms with Crippen LogP contribution < -0.4 is 10.2 Å². The zero-order valence-corrected chi connectivity index (χ0v) is 16.6. The number of carbonyl (C=O) groups is 2. The zero-order valence-electron chi connectivity index (χ0n) is 16.6. The molecular formula is C22H19F3N4O2. The summed E-state index contributed by atoms with van der Waals surface area (Å²) < 4.78 is 40.3. The number of nitrogens with one attached hydrogen (secondary N) is 1. The molecule has 0 spiro atoms. The molecule has 0 bridgehead atoms. The Kier molecular flexibility index (Phi) is 5.26. The maximum atomic E-state index is 13.0. The molecule has 0 saturated carbocycles. The van der Waals surface area contributed by atoms with Crippen molar-refractivity contribution in [1.82, 2.24) is 9.78 Å². The van der Waals surface area contributed by atoms with E-state index >= 15 is 0 Å². The summed E-state index contributed by atoms with van der Waals surface area (Å²) in [5.41, 5.74) is 1.39. The second-order valence-corrected chi connectivity index (χ2v) is 7.25. The van der Waals surface area contributed by atoms with E-state index in [9.17, 15) is 22.8 Å². The van der Waals surface area contributed by atoms with Gasteiger partial charge in [-0.1, -0.05) is 6.07 Å². The minimum atomic E-state index is -4.47. The Morgan fingerprint density at radius 3 is 2.48 bits per heavy atom. The van der Waals surface area contributed by atoms with Crippen LogP contribution in [0.4, 0.5) is 24.5 Å². The maximum absolute atomic E-state index is 13.0. The standard InChI is InChI=1S/C22H19F3N4O2/c1-14-19(13-26-29(14)18-5-2-4-15(12-18)22(23,24)25)21(31)27-16-7-9-17(10-8-16)28-11-3-6-20(28)30/h2,4-5,7-10,12-13H,3,6,11H2,1H3,(H,27,31). The Bertz CT molecular complexity index is 1140. The summed E-state index contributed by atoms with van der Waals surface area (Å²) in [6.45, 7) is 2.29. The van der Waals surface area contributed by atoms with E-state index < -0.39 is 17.6 Å². The third kappa shape index (κ3) is 4.16. The first-order chi connectivity index (χ1) is 14.7. The van der Waals surface area contributed by atoms with Gasteiger partial charge in [0.15, 0.2) is 0 Å². The van der Waals surface area contributed by atoms with Crippen LogP contribution in [0.25, 0.3) is 5.69 Å². The van der Waals surface area contributed by atoms with Gasteiger partial charge in [-0.25, -0.2) is 4.68 Å². The summed E-state index contributed by atoms with van der Waals surface area (Å²) in [6.07, 6.45) is -1.79. The monoisotopic (exact) mass is 428 g/mol. The van der Waals surface area contributed by atoms with Crippen molar-refractivity contribution >= 4 is 23.2 Å². The lowest BCUT2D eigenvalue weighted by molar-refractivity contribution is -0.137. The van der Waals surface area contributed by atoms with Gasteiger partial charge in [-0.2, -0.15) is 18.3 Å². The van der Waals surface area contributed by atoms with E-state index in [1.807, 2.05) is 0 Å². The van der Waals surface area contributed by atoms with Gasteiger partial charge in [0.2, 0.25) is 5.91 Å². The summed E-state index contributed by atoms with van der Waals surface area (Å²) in [4.78, 5) is 26.2. The third-order valence-electron chi connectivity index (χ3n) is 5.18. The molecule has 0 atom stereocenters. The molecule has 1 fully saturated rings. The average Bonchev–Trinajstić information content (AvgIpc) is 3.33. The van der Waals surface area contributed by atoms with E-state index in [1.54, 1.807) is 36.1 Å². The highest BCUT2D eigenvalue weighted by atomic mass is 19.4. The fourth-order valence-electron chi connectivity index (χ4n) is 3.55. The van der Waals surface area contributed by atoms with E-state index in [2.05, 4.69) is 10.4 Å². The van der Waals surface area contributed by atoms with Crippen molar-refractivity contribution in [2.75, 3.05) is 16.8 Å². The zero-order chi connectivity index (χ0) is 22.2. The SMILES string of the molecule is Cc1c(C(=O)Nc2ccc(N3CCCC3=O)cc2)cnn1-c1cccc(C(F)(F)F)c1. The predicted octanol–water partition coefficient (Wildman–Crippen LogP) is 4.58. The van der Waals surface area contributed by atoms with Gasteiger partial charge in [-0.3, -0.25) is 9.59 Å². The van der Waals surface area contributed by atoms with Gasteiger partial charge in [0.1, 0.15) is 0 Å². The first-order valence-electron chi connectivity index (χ1n) is 9.68. The fraction of sp³-hybridized carbons (Fsp3) is 0.227. The number of aromatic nitrogens is 2. The van der Waals surface area contributed by atoms with Crippen molar-refractivity contribution in [2.45, 2.75) is 25.9 Å². The van der Waals surface area contributed by atoms with E-state index in [0.717, 1.165) is 24.2 Å². The van der Waals surface area contributed by atoms with Crippen molar-refractivity contribution in [1.29, 1.82) is 0 Å². The second-order valence-electron chi connectivity index (χ2n) is 7.25. The van der Waals surface area contributed by atoms with Crippen LogP contribution in [0.1, 0.15) is 34.5 Å². The molecule has 1 aliphatic rings. The quantitative estimate of drug-likeness (QED) is 0.662. The normalized spacial score (nSPS) is 14.2. The van der Waals surface area contributed by atoms with E-state index in [4.69, 9.17) is 0 Å². The number of nitrogens with zero attached hydrogens (tertiary/aromatic N) is 3. The van der Waals surface area contributed by atoms with Crippen LogP contribution in [0.15, 0.2) is 54.7 Å². The van der Waals surface area contributed by atoms with Gasteiger partial charge >= 0.3 is 6.18 Å². The molecule has 3 aromatic rings. The number of rotatable bonds is 4. The van der Waals surface area contributed by atoms with Crippen molar-refractivity contribution in [3.8, 4) is 5.69 Å². The smallest absolute Gasteiger partial charge is 0.322 e. The van der Waals surface area contributed by atoms with Gasteiger partial charge in [-0.05, 0) is 55.8 Å². The molecule has 2 aromatic carbocycles. The van der Waals surface area contributed by atoms with Crippen LogP contribution >= 0.6 is 0 Å². The second kappa shape index (κ2) is 7.90. The number of hydrogen-bond acceptors (Lipinski definition) is 3. The Morgan fingerprint density at radius 2 is 1.84 bits per heavy atom. The van der Waals surface area contributed by atoms with E-state index in [1.165, 1.54) is 23.0 Å². The molecular weight excluding hydrogens is 409 g/mol. The number of carbonyl (C=O) groups excluding carboxylic acids is 2. The Hall–Kier alpha value is -3.62. The number of amides is 2. The van der Waals surface area contributed by atoms with Crippen molar-refractivity contribution in [3.05, 3.63) is 71.5 Å². The third-order valence-corrected chi connectivity index (χ3v) is 5.18. The fourth-order valence-corrected chi connectivity index (χ4v) is 3.55. The molecule has 1 N–H and O–H groups in total. The van der Waals surface area contributed by atoms with E-state index in [0.29, 0.717) is 24.3 Å². The topological polar surface area (TPSA) is 67.2 Å². The van der Waals surface area contributed by atoms with Crippen LogP contribution in [0, 0.1) is 6.92 Å². The van der Waals surface area contributed by atoms with Gasteiger partial charge in [0.05, 0.1) is 28.7 Å². The Labute approximate surface area is 176 Å².